The quantitative estimate of drug-likeness (QED) is 0.846. The van der Waals surface area contributed by atoms with Crippen molar-refractivity contribution in [2.24, 2.45) is 5.92 Å². The molecule has 1 atom stereocenters. The molecule has 0 aliphatic heterocycles. The van der Waals surface area contributed by atoms with E-state index in [1.807, 2.05) is 18.4 Å². The van der Waals surface area contributed by atoms with E-state index in [0.29, 0.717) is 5.56 Å². The van der Waals surface area contributed by atoms with Crippen molar-refractivity contribution >= 4 is 23.6 Å². The molecule has 1 unspecified atom stereocenters. The zero-order chi connectivity index (χ0) is 14.8. The molecule has 2 rings (SSSR count). The largest absolute Gasteiger partial charge is 0.480 e. The average Bonchev–Trinajstić information content (AvgIpc) is 3.24. The molecule has 108 valence electrons. The molecule has 20 heavy (non-hydrogen) atoms. The molecular formula is C15H19NO3S. The number of carboxylic acid groups (broad SMARTS) is 1. The third-order valence-corrected chi connectivity index (χ3v) is 4.36. The van der Waals surface area contributed by atoms with Crippen molar-refractivity contribution in [1.29, 1.82) is 0 Å². The van der Waals surface area contributed by atoms with Crippen molar-refractivity contribution in [1.82, 2.24) is 5.32 Å². The van der Waals surface area contributed by atoms with Crippen LogP contribution in [0, 0.1) is 5.92 Å². The minimum atomic E-state index is -1.16. The second-order valence-corrected chi connectivity index (χ2v) is 6.23. The van der Waals surface area contributed by atoms with E-state index < -0.39 is 11.5 Å². The number of benzene rings is 1. The van der Waals surface area contributed by atoms with E-state index in [1.54, 1.807) is 30.8 Å². The van der Waals surface area contributed by atoms with Gasteiger partial charge in [0.15, 0.2) is 0 Å². The lowest BCUT2D eigenvalue weighted by Crippen LogP contribution is -2.54. The fraction of sp³-hybridized carbons (Fsp3) is 0.467. The van der Waals surface area contributed by atoms with E-state index in [0.717, 1.165) is 24.2 Å². The first-order valence-corrected chi connectivity index (χ1v) is 8.00. The van der Waals surface area contributed by atoms with Gasteiger partial charge in [0.2, 0.25) is 0 Å². The van der Waals surface area contributed by atoms with Gasteiger partial charge in [-0.05, 0) is 49.6 Å². The van der Waals surface area contributed by atoms with E-state index >= 15 is 0 Å². The van der Waals surface area contributed by atoms with Crippen molar-refractivity contribution in [3.05, 3.63) is 35.4 Å². The molecule has 0 radical (unpaired) electrons. The molecule has 1 aromatic rings. The molecule has 1 amide bonds. The second kappa shape index (κ2) is 5.87. The first-order valence-electron chi connectivity index (χ1n) is 6.61. The van der Waals surface area contributed by atoms with Crippen molar-refractivity contribution in [2.75, 3.05) is 6.26 Å². The molecule has 2 N–H and O–H groups in total. The Hall–Kier alpha value is -1.49. The number of thioether (sulfide) groups is 1. The van der Waals surface area contributed by atoms with Crippen LogP contribution in [0.5, 0.6) is 0 Å². The number of amides is 1. The molecule has 4 nitrogen and oxygen atoms in total. The summed E-state index contributed by atoms with van der Waals surface area (Å²) in [5.41, 5.74) is 0.495. The lowest BCUT2D eigenvalue weighted by molar-refractivity contribution is -0.144. The SMILES string of the molecule is CSCc1ccc(C(=O)NC(C)(C(=O)O)C2CC2)cc1. The normalized spacial score (nSPS) is 17.3. The zero-order valence-corrected chi connectivity index (χ0v) is 12.5. The molecular weight excluding hydrogens is 274 g/mol. The number of hydrogen-bond donors (Lipinski definition) is 2. The highest BCUT2D eigenvalue weighted by molar-refractivity contribution is 7.97. The van der Waals surface area contributed by atoms with Crippen LogP contribution in [0.15, 0.2) is 24.3 Å². The van der Waals surface area contributed by atoms with Crippen LogP contribution in [-0.4, -0.2) is 28.8 Å². The fourth-order valence-corrected chi connectivity index (χ4v) is 2.74. The number of nitrogens with one attached hydrogen (secondary N) is 1. The minimum Gasteiger partial charge on any atom is -0.480 e. The molecule has 1 saturated carbocycles. The van der Waals surface area contributed by atoms with Gasteiger partial charge in [-0.15, -0.1) is 0 Å². The molecule has 1 aliphatic rings. The van der Waals surface area contributed by atoms with Gasteiger partial charge in [-0.3, -0.25) is 4.79 Å². The van der Waals surface area contributed by atoms with Crippen LogP contribution >= 0.6 is 11.8 Å². The predicted molar refractivity (Wildman–Crippen MR) is 79.9 cm³/mol. The summed E-state index contributed by atoms with van der Waals surface area (Å²) in [6, 6.07) is 7.30. The Bertz CT molecular complexity index is 510. The third-order valence-electron chi connectivity index (χ3n) is 3.74. The highest BCUT2D eigenvalue weighted by Gasteiger charge is 2.48. The Morgan fingerprint density at radius 3 is 2.40 bits per heavy atom. The monoisotopic (exact) mass is 293 g/mol. The van der Waals surface area contributed by atoms with Crippen LogP contribution in [0.1, 0.15) is 35.7 Å². The highest BCUT2D eigenvalue weighted by Crippen LogP contribution is 2.39. The zero-order valence-electron chi connectivity index (χ0n) is 11.7. The molecule has 0 bridgehead atoms. The maximum absolute atomic E-state index is 12.2. The average molecular weight is 293 g/mol. The number of hydrogen-bond acceptors (Lipinski definition) is 3. The van der Waals surface area contributed by atoms with Crippen molar-refractivity contribution in [3.63, 3.8) is 0 Å². The molecule has 1 aliphatic carbocycles. The highest BCUT2D eigenvalue weighted by atomic mass is 32.2. The first-order chi connectivity index (χ1) is 9.47. The number of carboxylic acids is 1. The van der Waals surface area contributed by atoms with Crippen molar-refractivity contribution < 1.29 is 14.7 Å². The Kier molecular flexibility index (Phi) is 4.38. The lowest BCUT2D eigenvalue weighted by atomic mass is 9.95. The summed E-state index contributed by atoms with van der Waals surface area (Å²) >= 11 is 1.72. The van der Waals surface area contributed by atoms with Crippen molar-refractivity contribution in [3.8, 4) is 0 Å². The summed E-state index contributed by atoms with van der Waals surface area (Å²) in [5.74, 6) is -0.346. The van der Waals surface area contributed by atoms with Gasteiger partial charge in [-0.2, -0.15) is 11.8 Å². The Labute approximate surface area is 123 Å². The maximum atomic E-state index is 12.2. The summed E-state index contributed by atoms with van der Waals surface area (Å²) in [6.07, 6.45) is 3.74. The number of carbonyl (C=O) groups excluding carboxylic acids is 1. The van der Waals surface area contributed by atoms with Crippen LogP contribution in [0.2, 0.25) is 0 Å². The van der Waals surface area contributed by atoms with Crippen LogP contribution in [0.4, 0.5) is 0 Å². The van der Waals surface area contributed by atoms with Gasteiger partial charge >= 0.3 is 5.97 Å². The Morgan fingerprint density at radius 1 is 1.35 bits per heavy atom. The molecule has 0 aromatic heterocycles. The lowest BCUT2D eigenvalue weighted by Gasteiger charge is -2.26. The predicted octanol–water partition coefficient (Wildman–Crippen LogP) is 2.53. The van der Waals surface area contributed by atoms with Gasteiger partial charge in [-0.1, -0.05) is 12.1 Å². The fourth-order valence-electron chi connectivity index (χ4n) is 2.22. The van der Waals surface area contributed by atoms with Gasteiger partial charge in [0.25, 0.3) is 5.91 Å². The van der Waals surface area contributed by atoms with Gasteiger partial charge in [0.05, 0.1) is 0 Å². The van der Waals surface area contributed by atoms with Gasteiger partial charge in [-0.25, -0.2) is 4.79 Å². The smallest absolute Gasteiger partial charge is 0.329 e. The van der Waals surface area contributed by atoms with E-state index in [-0.39, 0.29) is 11.8 Å². The van der Waals surface area contributed by atoms with Gasteiger partial charge < -0.3 is 10.4 Å². The van der Waals surface area contributed by atoms with Crippen LogP contribution in [0.3, 0.4) is 0 Å². The molecule has 0 spiro atoms. The van der Waals surface area contributed by atoms with E-state index in [2.05, 4.69) is 5.32 Å². The van der Waals surface area contributed by atoms with Crippen LogP contribution in [-0.2, 0) is 10.5 Å². The first kappa shape index (κ1) is 14.9. The molecule has 0 heterocycles. The summed E-state index contributed by atoms with van der Waals surface area (Å²) < 4.78 is 0. The maximum Gasteiger partial charge on any atom is 0.329 e. The summed E-state index contributed by atoms with van der Waals surface area (Å²) in [7, 11) is 0. The van der Waals surface area contributed by atoms with Crippen LogP contribution in [0.25, 0.3) is 0 Å². The molecule has 1 aromatic carbocycles. The van der Waals surface area contributed by atoms with Crippen molar-refractivity contribution in [2.45, 2.75) is 31.1 Å². The summed E-state index contributed by atoms with van der Waals surface area (Å²) in [4.78, 5) is 23.6. The second-order valence-electron chi connectivity index (χ2n) is 5.37. The Balaban J connectivity index is 2.09. The summed E-state index contributed by atoms with van der Waals surface area (Å²) in [5, 5.41) is 12.0. The van der Waals surface area contributed by atoms with Gasteiger partial charge in [0, 0.05) is 11.3 Å². The molecule has 1 fully saturated rings. The third kappa shape index (κ3) is 3.15. The van der Waals surface area contributed by atoms with Crippen LogP contribution < -0.4 is 5.32 Å². The number of carbonyl (C=O) groups is 2. The topological polar surface area (TPSA) is 66.4 Å². The van der Waals surface area contributed by atoms with E-state index in [9.17, 15) is 14.7 Å². The number of rotatable bonds is 6. The minimum absolute atomic E-state index is 0.0414. The molecule has 5 heteroatoms. The van der Waals surface area contributed by atoms with E-state index in [1.165, 1.54) is 0 Å². The Morgan fingerprint density at radius 2 is 1.95 bits per heavy atom. The van der Waals surface area contributed by atoms with Gasteiger partial charge in [0.1, 0.15) is 5.54 Å². The summed E-state index contributed by atoms with van der Waals surface area (Å²) in [6.45, 7) is 1.59. The standard InChI is InChI=1S/C15H19NO3S/c1-15(14(18)19,12-7-8-12)16-13(17)11-5-3-10(4-6-11)9-20-2/h3-6,12H,7-9H2,1-2H3,(H,16,17)(H,18,19). The van der Waals surface area contributed by atoms with E-state index in [4.69, 9.17) is 0 Å². The number of aliphatic carboxylic acids is 1. The molecule has 0 saturated heterocycles.